The maximum absolute atomic E-state index is 11.3. The van der Waals surface area contributed by atoms with E-state index in [1.165, 1.54) is 6.33 Å². The van der Waals surface area contributed by atoms with Crippen molar-refractivity contribution < 1.29 is 14.6 Å². The van der Waals surface area contributed by atoms with Gasteiger partial charge >= 0.3 is 0 Å². The molecule has 0 bridgehead atoms. The normalized spacial score (nSPS) is 22.7. The Hall–Kier alpha value is -3.33. The van der Waals surface area contributed by atoms with Crippen molar-refractivity contribution in [2.45, 2.75) is 37.9 Å². The average molecular weight is 446 g/mol. The number of nitrogens with zero attached hydrogens (tertiary/aromatic N) is 4. The molecule has 2 aromatic carbocycles. The number of nitrogens with two attached hydrogens (primary N) is 1. The molecule has 33 heavy (non-hydrogen) atoms. The zero-order valence-corrected chi connectivity index (χ0v) is 18.2. The second-order valence-electron chi connectivity index (χ2n) is 8.40. The summed E-state index contributed by atoms with van der Waals surface area (Å²) in [6.45, 7) is 1.41. The lowest BCUT2D eigenvalue weighted by atomic mass is 10.1. The van der Waals surface area contributed by atoms with Gasteiger partial charge in [0.15, 0.2) is 11.5 Å². The number of imidazole rings is 1. The summed E-state index contributed by atoms with van der Waals surface area (Å²) in [6.07, 6.45) is 2.63. The van der Waals surface area contributed by atoms with E-state index >= 15 is 0 Å². The SMILES string of the molecule is Nc1ncnc2c1ncn2[C@@H]1C[C@H](COCc2ccccc2)[C@@H](OCc2ccccc2)[C@H]1O. The number of aliphatic hydroxyl groups is 1. The Bertz CT molecular complexity index is 1180. The lowest BCUT2D eigenvalue weighted by molar-refractivity contribution is -0.0713. The van der Waals surface area contributed by atoms with Crippen LogP contribution in [0.15, 0.2) is 73.3 Å². The van der Waals surface area contributed by atoms with E-state index in [2.05, 4.69) is 15.0 Å². The molecule has 1 fully saturated rings. The quantitative estimate of drug-likeness (QED) is 0.429. The van der Waals surface area contributed by atoms with Crippen LogP contribution in [0.5, 0.6) is 0 Å². The minimum atomic E-state index is -0.743. The molecular weight excluding hydrogens is 418 g/mol. The van der Waals surface area contributed by atoms with Crippen LogP contribution in [0.25, 0.3) is 11.2 Å². The van der Waals surface area contributed by atoms with Crippen LogP contribution in [-0.4, -0.2) is 43.4 Å². The third-order valence-electron chi connectivity index (χ3n) is 6.21. The highest BCUT2D eigenvalue weighted by Gasteiger charge is 2.44. The molecule has 0 amide bonds. The van der Waals surface area contributed by atoms with Gasteiger partial charge in [0.2, 0.25) is 0 Å². The zero-order chi connectivity index (χ0) is 22.6. The number of benzene rings is 2. The van der Waals surface area contributed by atoms with Crippen molar-refractivity contribution in [2.24, 2.45) is 5.92 Å². The Kier molecular flexibility index (Phi) is 6.30. The van der Waals surface area contributed by atoms with Gasteiger partial charge in [0.25, 0.3) is 0 Å². The van der Waals surface area contributed by atoms with E-state index in [9.17, 15) is 5.11 Å². The highest BCUT2D eigenvalue weighted by atomic mass is 16.5. The predicted molar refractivity (Wildman–Crippen MR) is 124 cm³/mol. The van der Waals surface area contributed by atoms with Gasteiger partial charge in [-0.3, -0.25) is 0 Å². The summed E-state index contributed by atoms with van der Waals surface area (Å²) >= 11 is 0. The summed E-state index contributed by atoms with van der Waals surface area (Å²) in [5.74, 6) is 0.333. The monoisotopic (exact) mass is 445 g/mol. The minimum Gasteiger partial charge on any atom is -0.388 e. The van der Waals surface area contributed by atoms with Gasteiger partial charge in [-0.15, -0.1) is 0 Å². The molecule has 4 aromatic rings. The van der Waals surface area contributed by atoms with E-state index in [0.29, 0.717) is 43.2 Å². The lowest BCUT2D eigenvalue weighted by Gasteiger charge is -2.24. The number of aromatic nitrogens is 4. The summed E-state index contributed by atoms with van der Waals surface area (Å²) in [4.78, 5) is 12.7. The molecular formula is C25H27N5O3. The van der Waals surface area contributed by atoms with Crippen molar-refractivity contribution in [2.75, 3.05) is 12.3 Å². The molecule has 170 valence electrons. The fraction of sp³-hybridized carbons (Fsp3) is 0.320. The van der Waals surface area contributed by atoms with Gasteiger partial charge < -0.3 is 24.9 Å². The van der Waals surface area contributed by atoms with Crippen LogP contribution in [0.2, 0.25) is 0 Å². The molecule has 1 aliphatic carbocycles. The molecule has 3 N–H and O–H groups in total. The molecule has 2 heterocycles. The number of aliphatic hydroxyl groups excluding tert-OH is 1. The topological polar surface area (TPSA) is 108 Å². The molecule has 1 aliphatic rings. The van der Waals surface area contributed by atoms with E-state index in [0.717, 1.165) is 11.1 Å². The van der Waals surface area contributed by atoms with Crippen LogP contribution in [0.3, 0.4) is 0 Å². The van der Waals surface area contributed by atoms with Crippen LogP contribution < -0.4 is 5.73 Å². The van der Waals surface area contributed by atoms with E-state index < -0.39 is 6.10 Å². The van der Waals surface area contributed by atoms with Crippen molar-refractivity contribution >= 4 is 17.0 Å². The molecule has 8 heteroatoms. The average Bonchev–Trinajstić information content (AvgIpc) is 3.41. The van der Waals surface area contributed by atoms with Gasteiger partial charge in [0.05, 0.1) is 38.3 Å². The summed E-state index contributed by atoms with van der Waals surface area (Å²) in [5.41, 5.74) is 9.28. The molecule has 2 aromatic heterocycles. The Balaban J connectivity index is 1.35. The standard InChI is InChI=1S/C25H27N5O3/c26-24-21-25(28-15-27-24)30(16-29-21)20-11-19(14-32-12-17-7-3-1-4-8-17)23(22(20)31)33-13-18-9-5-2-6-10-18/h1-10,15-16,19-20,22-23,31H,11-14H2,(H2,26,27,28)/t19-,20-,22+,23-/m1/s1. The Morgan fingerprint density at radius 3 is 2.36 bits per heavy atom. The number of hydrogen-bond donors (Lipinski definition) is 2. The van der Waals surface area contributed by atoms with Crippen LogP contribution in [-0.2, 0) is 22.7 Å². The van der Waals surface area contributed by atoms with Gasteiger partial charge in [-0.2, -0.15) is 0 Å². The molecule has 0 aliphatic heterocycles. The predicted octanol–water partition coefficient (Wildman–Crippen LogP) is 3.13. The molecule has 5 rings (SSSR count). The highest BCUT2D eigenvalue weighted by molar-refractivity contribution is 5.81. The van der Waals surface area contributed by atoms with Gasteiger partial charge in [-0.1, -0.05) is 60.7 Å². The Morgan fingerprint density at radius 1 is 0.939 bits per heavy atom. The zero-order valence-electron chi connectivity index (χ0n) is 18.2. The maximum Gasteiger partial charge on any atom is 0.165 e. The largest absolute Gasteiger partial charge is 0.388 e. The van der Waals surface area contributed by atoms with E-state index in [-0.39, 0.29) is 18.1 Å². The number of hydrogen-bond acceptors (Lipinski definition) is 7. The summed E-state index contributed by atoms with van der Waals surface area (Å²) < 4.78 is 14.2. The maximum atomic E-state index is 11.3. The van der Waals surface area contributed by atoms with Crippen molar-refractivity contribution in [1.82, 2.24) is 19.5 Å². The first-order chi connectivity index (χ1) is 16.2. The van der Waals surface area contributed by atoms with Crippen LogP contribution in [0.4, 0.5) is 5.82 Å². The third-order valence-corrected chi connectivity index (χ3v) is 6.21. The van der Waals surface area contributed by atoms with Crippen molar-refractivity contribution in [1.29, 1.82) is 0 Å². The fourth-order valence-corrected chi connectivity index (χ4v) is 4.54. The fourth-order valence-electron chi connectivity index (χ4n) is 4.54. The number of nitrogen functional groups attached to an aromatic ring is 1. The molecule has 0 saturated heterocycles. The van der Waals surface area contributed by atoms with Crippen molar-refractivity contribution in [3.63, 3.8) is 0 Å². The van der Waals surface area contributed by atoms with E-state index in [1.807, 2.05) is 65.2 Å². The van der Waals surface area contributed by atoms with E-state index in [4.69, 9.17) is 15.2 Å². The summed E-state index contributed by atoms with van der Waals surface area (Å²) in [5, 5.41) is 11.3. The molecule has 0 spiro atoms. The molecule has 8 nitrogen and oxygen atoms in total. The van der Waals surface area contributed by atoms with Crippen LogP contribution in [0, 0.1) is 5.92 Å². The van der Waals surface area contributed by atoms with Gasteiger partial charge in [0, 0.05) is 5.92 Å². The number of anilines is 1. The molecule has 4 atom stereocenters. The van der Waals surface area contributed by atoms with Crippen LogP contribution in [0.1, 0.15) is 23.6 Å². The number of fused-ring (bicyclic) bond motifs is 1. The lowest BCUT2D eigenvalue weighted by Crippen LogP contribution is -2.33. The second-order valence-corrected chi connectivity index (χ2v) is 8.40. The van der Waals surface area contributed by atoms with Gasteiger partial charge in [0.1, 0.15) is 17.9 Å². The van der Waals surface area contributed by atoms with E-state index in [1.54, 1.807) is 6.33 Å². The minimum absolute atomic E-state index is 0.00839. The Morgan fingerprint density at radius 2 is 1.64 bits per heavy atom. The van der Waals surface area contributed by atoms with Crippen molar-refractivity contribution in [3.05, 3.63) is 84.4 Å². The van der Waals surface area contributed by atoms with Gasteiger partial charge in [-0.25, -0.2) is 15.0 Å². The Labute approximate surface area is 192 Å². The van der Waals surface area contributed by atoms with Gasteiger partial charge in [-0.05, 0) is 17.5 Å². The van der Waals surface area contributed by atoms with Crippen molar-refractivity contribution in [3.8, 4) is 0 Å². The first-order valence-corrected chi connectivity index (χ1v) is 11.1. The highest BCUT2D eigenvalue weighted by Crippen LogP contribution is 2.39. The first-order valence-electron chi connectivity index (χ1n) is 11.1. The molecule has 1 saturated carbocycles. The summed E-state index contributed by atoms with van der Waals surface area (Å²) in [7, 11) is 0. The number of rotatable bonds is 8. The second kappa shape index (κ2) is 9.66. The molecule has 0 unspecified atom stereocenters. The smallest absolute Gasteiger partial charge is 0.165 e. The summed E-state index contributed by atoms with van der Waals surface area (Å²) in [6, 6.07) is 19.8. The van der Waals surface area contributed by atoms with Crippen LogP contribution >= 0.6 is 0 Å². The number of ether oxygens (including phenoxy) is 2. The first kappa shape index (κ1) is 21.5. The molecule has 0 radical (unpaired) electrons. The third kappa shape index (κ3) is 4.59.